The van der Waals surface area contributed by atoms with Crippen molar-refractivity contribution in [2.24, 2.45) is 0 Å². The van der Waals surface area contributed by atoms with E-state index in [0.29, 0.717) is 0 Å². The van der Waals surface area contributed by atoms with E-state index in [4.69, 9.17) is 0 Å². The van der Waals surface area contributed by atoms with Gasteiger partial charge in [-0.3, -0.25) is 0 Å². The number of hydrogen-bond acceptors (Lipinski definition) is 2. The van der Waals surface area contributed by atoms with Crippen LogP contribution in [0.1, 0.15) is 13.8 Å². The first kappa shape index (κ1) is 9.17. The van der Waals surface area contributed by atoms with Crippen LogP contribution in [0, 0.1) is 0 Å². The van der Waals surface area contributed by atoms with Crippen molar-refractivity contribution in [1.82, 2.24) is 10.9 Å². The first-order chi connectivity index (χ1) is 4.70. The molecule has 0 unspecified atom stereocenters. The van der Waals surface area contributed by atoms with Crippen molar-refractivity contribution in [2.45, 2.75) is 13.8 Å². The third-order valence-electron chi connectivity index (χ3n) is 0.952. The topological polar surface area (TPSA) is 24.1 Å². The summed E-state index contributed by atoms with van der Waals surface area (Å²) in [6, 6.07) is 0. The highest BCUT2D eigenvalue weighted by Gasteiger charge is 1.87. The van der Waals surface area contributed by atoms with Crippen LogP contribution >= 0.6 is 0 Å². The number of hydrazine groups is 1. The van der Waals surface area contributed by atoms with Gasteiger partial charge in [-0.2, -0.15) is 0 Å². The van der Waals surface area contributed by atoms with Gasteiger partial charge in [0.1, 0.15) is 5.83 Å². The van der Waals surface area contributed by atoms with Crippen molar-refractivity contribution < 1.29 is 4.39 Å². The molecule has 0 aromatic rings. The lowest BCUT2D eigenvalue weighted by Gasteiger charge is -2.01. The van der Waals surface area contributed by atoms with Gasteiger partial charge in [0.2, 0.25) is 0 Å². The van der Waals surface area contributed by atoms with Crippen LogP contribution < -0.4 is 10.9 Å². The molecule has 0 amide bonds. The summed E-state index contributed by atoms with van der Waals surface area (Å²) >= 11 is 0. The summed E-state index contributed by atoms with van der Waals surface area (Å²) in [5, 5.41) is 0. The van der Waals surface area contributed by atoms with Gasteiger partial charge < -0.3 is 5.43 Å². The Balaban J connectivity index is 3.90. The molecule has 3 heteroatoms. The van der Waals surface area contributed by atoms with Crippen LogP contribution in [0.5, 0.6) is 0 Å². The second kappa shape index (κ2) is 4.99. The van der Waals surface area contributed by atoms with Crippen LogP contribution in [-0.2, 0) is 0 Å². The van der Waals surface area contributed by atoms with E-state index in [1.807, 2.05) is 0 Å². The first-order valence-electron chi connectivity index (χ1n) is 3.13. The van der Waals surface area contributed by atoms with Gasteiger partial charge >= 0.3 is 0 Å². The number of allylic oxidation sites excluding steroid dienone is 4. The van der Waals surface area contributed by atoms with Crippen molar-refractivity contribution in [3.63, 3.8) is 0 Å². The van der Waals surface area contributed by atoms with E-state index < -0.39 is 0 Å². The smallest absolute Gasteiger partial charge is 0.120 e. The molecular weight excluding hydrogens is 131 g/mol. The van der Waals surface area contributed by atoms with Crippen LogP contribution in [0.15, 0.2) is 23.7 Å². The highest BCUT2D eigenvalue weighted by Crippen LogP contribution is 1.99. The molecule has 0 aromatic heterocycles. The molecule has 0 atom stereocenters. The van der Waals surface area contributed by atoms with Gasteiger partial charge in [0.15, 0.2) is 0 Å². The third kappa shape index (κ3) is 4.09. The lowest BCUT2D eigenvalue weighted by atomic mass is 10.4. The molecule has 0 bridgehead atoms. The minimum absolute atomic E-state index is 0.236. The van der Waals surface area contributed by atoms with Crippen LogP contribution in [-0.4, -0.2) is 7.05 Å². The molecule has 2 nitrogen and oxygen atoms in total. The zero-order valence-corrected chi connectivity index (χ0v) is 6.53. The molecule has 0 rings (SSSR count). The van der Waals surface area contributed by atoms with Gasteiger partial charge in [-0.05, 0) is 19.9 Å². The van der Waals surface area contributed by atoms with Crippen molar-refractivity contribution in [1.29, 1.82) is 0 Å². The van der Waals surface area contributed by atoms with E-state index in [-0.39, 0.29) is 5.83 Å². The van der Waals surface area contributed by atoms with Gasteiger partial charge in [-0.25, -0.2) is 9.82 Å². The average molecular weight is 144 g/mol. The van der Waals surface area contributed by atoms with E-state index in [2.05, 4.69) is 10.9 Å². The summed E-state index contributed by atoms with van der Waals surface area (Å²) in [6.07, 6.45) is 2.82. The fraction of sp³-hybridized carbons (Fsp3) is 0.429. The molecule has 10 heavy (non-hydrogen) atoms. The lowest BCUT2D eigenvalue weighted by Crippen LogP contribution is -2.25. The summed E-state index contributed by atoms with van der Waals surface area (Å²) in [7, 11) is 1.73. The predicted molar refractivity (Wildman–Crippen MR) is 40.8 cm³/mol. The maximum absolute atomic E-state index is 12.4. The van der Waals surface area contributed by atoms with Gasteiger partial charge in [-0.1, -0.05) is 6.08 Å². The Morgan fingerprint density at radius 2 is 2.10 bits per heavy atom. The maximum Gasteiger partial charge on any atom is 0.120 e. The Hall–Kier alpha value is -0.830. The van der Waals surface area contributed by atoms with E-state index in [0.717, 1.165) is 5.70 Å². The largest absolute Gasteiger partial charge is 0.326 e. The van der Waals surface area contributed by atoms with Gasteiger partial charge in [-0.15, -0.1) is 0 Å². The van der Waals surface area contributed by atoms with Crippen molar-refractivity contribution >= 4 is 0 Å². The molecule has 0 aliphatic rings. The minimum atomic E-state index is -0.236. The van der Waals surface area contributed by atoms with Crippen molar-refractivity contribution in [2.75, 3.05) is 7.05 Å². The van der Waals surface area contributed by atoms with Gasteiger partial charge in [0.25, 0.3) is 0 Å². The molecule has 0 fully saturated rings. The number of hydrogen-bond donors (Lipinski definition) is 2. The van der Waals surface area contributed by atoms with Crippen molar-refractivity contribution in [3.05, 3.63) is 23.7 Å². The molecule has 0 saturated carbocycles. The molecule has 0 heterocycles. The average Bonchev–Trinajstić information content (AvgIpc) is 1.88. The third-order valence-corrected chi connectivity index (χ3v) is 0.952. The Labute approximate surface area is 60.8 Å². The molecule has 0 aliphatic heterocycles. The van der Waals surface area contributed by atoms with Crippen LogP contribution in [0.25, 0.3) is 0 Å². The maximum atomic E-state index is 12.4. The molecule has 0 aromatic carbocycles. The monoisotopic (exact) mass is 144 g/mol. The van der Waals surface area contributed by atoms with Crippen LogP contribution in [0.4, 0.5) is 4.39 Å². The first-order valence-corrected chi connectivity index (χ1v) is 3.13. The Kier molecular flexibility index (Phi) is 4.58. The highest BCUT2D eigenvalue weighted by molar-refractivity contribution is 5.14. The Morgan fingerprint density at radius 3 is 2.50 bits per heavy atom. The number of nitrogens with one attached hydrogen (secondary N) is 2. The summed E-state index contributed by atoms with van der Waals surface area (Å²) in [5.74, 6) is -0.236. The zero-order chi connectivity index (χ0) is 7.98. The fourth-order valence-corrected chi connectivity index (χ4v) is 0.523. The summed E-state index contributed by atoms with van der Waals surface area (Å²) in [6.45, 7) is 3.43. The van der Waals surface area contributed by atoms with E-state index in [9.17, 15) is 4.39 Å². The van der Waals surface area contributed by atoms with E-state index in [1.54, 1.807) is 20.9 Å². The molecule has 0 spiro atoms. The second-order valence-electron chi connectivity index (χ2n) is 1.88. The molecular formula is C7H13FN2. The number of halogens is 1. The molecule has 0 aliphatic carbocycles. The minimum Gasteiger partial charge on any atom is -0.326 e. The second-order valence-corrected chi connectivity index (χ2v) is 1.88. The quantitative estimate of drug-likeness (QED) is 0.463. The van der Waals surface area contributed by atoms with Crippen LogP contribution in [0.2, 0.25) is 0 Å². The standard InChI is InChI=1S/C7H13FN2/c1-4-7(8)5-6(2)10-9-3/h4-5,9-10H,1-3H3/b6-5-,7-4+. The van der Waals surface area contributed by atoms with E-state index >= 15 is 0 Å². The van der Waals surface area contributed by atoms with E-state index in [1.165, 1.54) is 12.2 Å². The Morgan fingerprint density at radius 1 is 1.50 bits per heavy atom. The normalized spacial score (nSPS) is 13.6. The summed E-state index contributed by atoms with van der Waals surface area (Å²) in [5.41, 5.74) is 6.17. The number of rotatable bonds is 3. The lowest BCUT2D eigenvalue weighted by molar-refractivity contribution is 0.646. The highest BCUT2D eigenvalue weighted by atomic mass is 19.1. The van der Waals surface area contributed by atoms with Crippen LogP contribution in [0.3, 0.4) is 0 Å². The zero-order valence-electron chi connectivity index (χ0n) is 6.53. The molecule has 58 valence electrons. The summed E-state index contributed by atoms with van der Waals surface area (Å²) in [4.78, 5) is 0. The molecule has 0 radical (unpaired) electrons. The Bertz CT molecular complexity index is 150. The van der Waals surface area contributed by atoms with Gasteiger partial charge in [0, 0.05) is 12.7 Å². The SMILES string of the molecule is C/C=C(F)\C=C(\C)NNC. The van der Waals surface area contributed by atoms with Gasteiger partial charge in [0.05, 0.1) is 0 Å². The molecule has 2 N–H and O–H groups in total. The molecule has 0 saturated heterocycles. The fourth-order valence-electron chi connectivity index (χ4n) is 0.523. The predicted octanol–water partition coefficient (Wildman–Crippen LogP) is 1.49. The summed E-state index contributed by atoms with van der Waals surface area (Å²) < 4.78 is 12.4. The van der Waals surface area contributed by atoms with Crippen molar-refractivity contribution in [3.8, 4) is 0 Å².